The summed E-state index contributed by atoms with van der Waals surface area (Å²) in [5.41, 5.74) is 3.00. The third-order valence-corrected chi connectivity index (χ3v) is 3.64. The van der Waals surface area contributed by atoms with E-state index in [-0.39, 0.29) is 11.7 Å². The highest BCUT2D eigenvalue weighted by molar-refractivity contribution is 6.04. The maximum atomic E-state index is 12.2. The number of phenolic OH excluding ortho intramolecular Hbond substituents is 1. The molecule has 0 saturated carbocycles. The minimum atomic E-state index is -0.202. The van der Waals surface area contributed by atoms with Crippen molar-refractivity contribution >= 4 is 11.6 Å². The predicted molar refractivity (Wildman–Crippen MR) is 92.9 cm³/mol. The minimum absolute atomic E-state index is 0.156. The van der Waals surface area contributed by atoms with Gasteiger partial charge in [-0.05, 0) is 36.2 Å². The second kappa shape index (κ2) is 6.91. The number of aryl methyl sites for hydroxylation is 1. The molecule has 0 atom stereocenters. The molecule has 120 valence electrons. The molecule has 1 heterocycles. The summed E-state index contributed by atoms with van der Waals surface area (Å²) in [6.45, 7) is 2.07. The molecule has 0 fully saturated rings. The Hall–Kier alpha value is -3.21. The Morgan fingerprint density at radius 1 is 1.08 bits per heavy atom. The molecule has 0 aliphatic heterocycles. The van der Waals surface area contributed by atoms with Crippen LogP contribution in [-0.4, -0.2) is 21.0 Å². The number of hydrogen-bond acceptors (Lipinski definition) is 4. The zero-order valence-electron chi connectivity index (χ0n) is 13.2. The quantitative estimate of drug-likeness (QED) is 0.769. The van der Waals surface area contributed by atoms with Crippen LogP contribution in [0.1, 0.15) is 22.8 Å². The van der Waals surface area contributed by atoms with Crippen LogP contribution in [0, 0.1) is 0 Å². The van der Waals surface area contributed by atoms with Gasteiger partial charge in [-0.2, -0.15) is 0 Å². The molecule has 5 heteroatoms. The summed E-state index contributed by atoms with van der Waals surface area (Å²) < 4.78 is 0. The lowest BCUT2D eigenvalue weighted by molar-refractivity contribution is 0.102. The Labute approximate surface area is 140 Å². The first-order valence-electron chi connectivity index (χ1n) is 7.67. The number of phenols is 1. The van der Waals surface area contributed by atoms with Gasteiger partial charge in [0.15, 0.2) is 5.82 Å². The van der Waals surface area contributed by atoms with Crippen LogP contribution in [0.4, 0.5) is 5.69 Å². The highest BCUT2D eigenvalue weighted by Gasteiger charge is 2.07. The van der Waals surface area contributed by atoms with Crippen LogP contribution in [0.2, 0.25) is 0 Å². The molecule has 5 nitrogen and oxygen atoms in total. The fraction of sp³-hybridized carbons (Fsp3) is 0.105. The van der Waals surface area contributed by atoms with Crippen molar-refractivity contribution in [2.75, 3.05) is 5.32 Å². The third kappa shape index (κ3) is 3.57. The zero-order valence-corrected chi connectivity index (χ0v) is 13.2. The second-order valence-corrected chi connectivity index (χ2v) is 5.35. The number of amides is 1. The molecule has 0 aliphatic carbocycles. The van der Waals surface area contributed by atoms with Crippen LogP contribution >= 0.6 is 0 Å². The van der Waals surface area contributed by atoms with E-state index in [1.807, 2.05) is 18.2 Å². The number of nitrogens with one attached hydrogen (secondary N) is 1. The number of carbonyl (C=O) groups excluding carboxylic acids is 1. The number of rotatable bonds is 4. The normalized spacial score (nSPS) is 10.4. The summed E-state index contributed by atoms with van der Waals surface area (Å²) in [5, 5.41) is 12.3. The molecule has 3 rings (SSSR count). The van der Waals surface area contributed by atoms with Crippen LogP contribution in [0.5, 0.6) is 5.75 Å². The Bertz CT molecular complexity index is 843. The fourth-order valence-electron chi connectivity index (χ4n) is 2.28. The molecule has 0 saturated heterocycles. The van der Waals surface area contributed by atoms with E-state index in [9.17, 15) is 9.90 Å². The van der Waals surface area contributed by atoms with E-state index < -0.39 is 0 Å². The van der Waals surface area contributed by atoms with Gasteiger partial charge in [-0.25, -0.2) is 9.97 Å². The predicted octanol–water partition coefficient (Wildman–Crippen LogP) is 3.66. The first-order chi connectivity index (χ1) is 11.7. The SMILES string of the molecule is CCc1ccc(C(=O)Nc2cnc(-c3cccc(O)c3)nc2)cc1. The molecule has 2 N–H and O–H groups in total. The summed E-state index contributed by atoms with van der Waals surface area (Å²) >= 11 is 0. The van der Waals surface area contributed by atoms with Crippen LogP contribution in [0.3, 0.4) is 0 Å². The topological polar surface area (TPSA) is 75.1 Å². The number of aromatic nitrogens is 2. The van der Waals surface area contributed by atoms with Crippen molar-refractivity contribution < 1.29 is 9.90 Å². The first kappa shape index (κ1) is 15.7. The Balaban J connectivity index is 1.72. The largest absolute Gasteiger partial charge is 0.508 e. The molecule has 0 aliphatic rings. The van der Waals surface area contributed by atoms with E-state index in [0.29, 0.717) is 22.6 Å². The van der Waals surface area contributed by atoms with Crippen molar-refractivity contribution in [3.63, 3.8) is 0 Å². The van der Waals surface area contributed by atoms with E-state index in [0.717, 1.165) is 6.42 Å². The molecule has 24 heavy (non-hydrogen) atoms. The van der Waals surface area contributed by atoms with Gasteiger partial charge in [0.25, 0.3) is 5.91 Å². The summed E-state index contributed by atoms with van der Waals surface area (Å²) in [4.78, 5) is 20.7. The fourth-order valence-corrected chi connectivity index (χ4v) is 2.28. The summed E-state index contributed by atoms with van der Waals surface area (Å²) in [6.07, 6.45) is 4.03. The van der Waals surface area contributed by atoms with Gasteiger partial charge in [0, 0.05) is 11.1 Å². The first-order valence-corrected chi connectivity index (χ1v) is 7.67. The van der Waals surface area contributed by atoms with Gasteiger partial charge in [0.05, 0.1) is 18.1 Å². The van der Waals surface area contributed by atoms with Crippen molar-refractivity contribution in [2.24, 2.45) is 0 Å². The summed E-state index contributed by atoms with van der Waals surface area (Å²) in [6, 6.07) is 14.2. The van der Waals surface area contributed by atoms with E-state index in [1.165, 1.54) is 5.56 Å². The highest BCUT2D eigenvalue weighted by atomic mass is 16.3. The van der Waals surface area contributed by atoms with Crippen molar-refractivity contribution in [3.05, 3.63) is 72.1 Å². The van der Waals surface area contributed by atoms with Gasteiger partial charge in [0.1, 0.15) is 5.75 Å². The van der Waals surface area contributed by atoms with Crippen LogP contribution < -0.4 is 5.32 Å². The maximum absolute atomic E-state index is 12.2. The molecule has 3 aromatic rings. The molecule has 0 unspecified atom stereocenters. The van der Waals surface area contributed by atoms with E-state index in [2.05, 4.69) is 22.2 Å². The molecular weight excluding hydrogens is 302 g/mol. The summed E-state index contributed by atoms with van der Waals surface area (Å²) in [7, 11) is 0. The number of benzene rings is 2. The van der Waals surface area contributed by atoms with Crippen molar-refractivity contribution in [3.8, 4) is 17.1 Å². The van der Waals surface area contributed by atoms with Crippen LogP contribution in [-0.2, 0) is 6.42 Å². The maximum Gasteiger partial charge on any atom is 0.255 e. The van der Waals surface area contributed by atoms with Gasteiger partial charge in [-0.1, -0.05) is 31.2 Å². The number of anilines is 1. The molecule has 0 spiro atoms. The second-order valence-electron chi connectivity index (χ2n) is 5.35. The van der Waals surface area contributed by atoms with Gasteiger partial charge in [0.2, 0.25) is 0 Å². The van der Waals surface area contributed by atoms with E-state index in [4.69, 9.17) is 0 Å². The number of carbonyl (C=O) groups is 1. The average molecular weight is 319 g/mol. The number of aromatic hydroxyl groups is 1. The van der Waals surface area contributed by atoms with Gasteiger partial charge in [-0.3, -0.25) is 4.79 Å². The molecule has 0 radical (unpaired) electrons. The van der Waals surface area contributed by atoms with Gasteiger partial charge < -0.3 is 10.4 Å². The Kier molecular flexibility index (Phi) is 4.52. The average Bonchev–Trinajstić information content (AvgIpc) is 2.62. The number of hydrogen-bond donors (Lipinski definition) is 2. The number of nitrogens with zero attached hydrogens (tertiary/aromatic N) is 2. The van der Waals surface area contributed by atoms with Gasteiger partial charge in [-0.15, -0.1) is 0 Å². The zero-order chi connectivity index (χ0) is 16.9. The molecular formula is C19H17N3O2. The molecule has 1 amide bonds. The van der Waals surface area contributed by atoms with Gasteiger partial charge >= 0.3 is 0 Å². The van der Waals surface area contributed by atoms with E-state index in [1.54, 1.807) is 42.7 Å². The third-order valence-electron chi connectivity index (χ3n) is 3.64. The monoisotopic (exact) mass is 319 g/mol. The lowest BCUT2D eigenvalue weighted by Crippen LogP contribution is -2.12. The Morgan fingerprint density at radius 3 is 2.42 bits per heavy atom. The lowest BCUT2D eigenvalue weighted by Gasteiger charge is -2.06. The molecule has 2 aromatic carbocycles. The van der Waals surface area contributed by atoms with Crippen molar-refractivity contribution in [1.29, 1.82) is 0 Å². The van der Waals surface area contributed by atoms with Crippen LogP contribution in [0.25, 0.3) is 11.4 Å². The summed E-state index contributed by atoms with van der Waals surface area (Å²) in [5.74, 6) is 0.437. The molecule has 0 bridgehead atoms. The van der Waals surface area contributed by atoms with Crippen molar-refractivity contribution in [1.82, 2.24) is 9.97 Å². The van der Waals surface area contributed by atoms with Crippen LogP contribution in [0.15, 0.2) is 60.9 Å². The highest BCUT2D eigenvalue weighted by Crippen LogP contribution is 2.20. The smallest absolute Gasteiger partial charge is 0.255 e. The Morgan fingerprint density at radius 2 is 1.79 bits per heavy atom. The molecule has 1 aromatic heterocycles. The van der Waals surface area contributed by atoms with Crippen molar-refractivity contribution in [2.45, 2.75) is 13.3 Å². The lowest BCUT2D eigenvalue weighted by atomic mass is 10.1. The standard InChI is InChI=1S/C19H17N3O2/c1-2-13-6-8-14(9-7-13)19(24)22-16-11-20-18(21-12-16)15-4-3-5-17(23)10-15/h3-12,23H,2H2,1H3,(H,22,24). The minimum Gasteiger partial charge on any atom is -0.508 e. The van der Waals surface area contributed by atoms with E-state index >= 15 is 0 Å².